The van der Waals surface area contributed by atoms with Gasteiger partial charge in [0.05, 0.1) is 17.0 Å². The molecule has 0 spiro atoms. The first-order chi connectivity index (χ1) is 20.1. The maximum absolute atomic E-state index is 13.3. The number of ether oxygens (including phenoxy) is 1. The average molecular weight is 590 g/mol. The van der Waals surface area contributed by atoms with Gasteiger partial charge in [-0.05, 0) is 48.9 Å². The molecule has 11 heteroatoms. The van der Waals surface area contributed by atoms with Crippen molar-refractivity contribution in [1.29, 1.82) is 0 Å². The molecule has 4 atom stereocenters. The van der Waals surface area contributed by atoms with Crippen LogP contribution in [0.15, 0.2) is 67.3 Å². The van der Waals surface area contributed by atoms with Gasteiger partial charge in [0.15, 0.2) is 0 Å². The molecule has 1 saturated heterocycles. The highest BCUT2D eigenvalue weighted by atomic mass is 32.2. The van der Waals surface area contributed by atoms with Crippen molar-refractivity contribution in [2.45, 2.75) is 48.6 Å². The van der Waals surface area contributed by atoms with Crippen molar-refractivity contribution < 1.29 is 22.7 Å². The van der Waals surface area contributed by atoms with Crippen LogP contribution in [0.5, 0.6) is 5.88 Å². The number of benzene rings is 2. The smallest absolute Gasteiger partial charge is 0.259 e. The second-order valence-corrected chi connectivity index (χ2v) is 13.6. The van der Waals surface area contributed by atoms with E-state index in [1.807, 2.05) is 73.6 Å². The van der Waals surface area contributed by atoms with Crippen molar-refractivity contribution in [1.82, 2.24) is 20.3 Å². The Morgan fingerprint density at radius 1 is 1.14 bits per heavy atom. The molecule has 3 fully saturated rings. The lowest BCUT2D eigenvalue weighted by molar-refractivity contribution is -0.130. The third kappa shape index (κ3) is 5.46. The van der Waals surface area contributed by atoms with Crippen molar-refractivity contribution in [2.75, 3.05) is 25.5 Å². The summed E-state index contributed by atoms with van der Waals surface area (Å²) in [7, 11) is 0.253. The Labute approximate surface area is 245 Å². The van der Waals surface area contributed by atoms with Gasteiger partial charge in [0.2, 0.25) is 21.8 Å². The molecule has 2 aromatic carbocycles. The zero-order valence-corrected chi connectivity index (χ0v) is 24.5. The molecule has 2 saturated carbocycles. The first-order valence-corrected chi connectivity index (χ1v) is 15.7. The number of nitrogens with zero attached hydrogens (tertiary/aromatic N) is 2. The topological polar surface area (TPSA) is 130 Å². The standard InChI is InChI=1S/C31H35N5O5S/c1-4-21-17-31(21,30(38)35-42(39,40)24-13-14-24)34-28(37)27-16-23(18-32-27)41-29-25-8-6-5-7-20(25)15-26(33-29)19-9-11-22(12-10-19)36(2)3/h4-12,15,21,23-24,27,32H,1,13-14,16-18H2,2-3H3,(H,34,37)(H,35,38). The van der Waals surface area contributed by atoms with Crippen LogP contribution < -0.4 is 25.0 Å². The van der Waals surface area contributed by atoms with E-state index in [-0.39, 0.29) is 17.9 Å². The number of rotatable bonds is 10. The number of nitrogens with one attached hydrogen (secondary N) is 3. The minimum absolute atomic E-state index is 0.305. The first-order valence-electron chi connectivity index (χ1n) is 14.2. The molecule has 3 N–H and O–H groups in total. The molecule has 42 heavy (non-hydrogen) atoms. The number of aromatic nitrogens is 1. The highest BCUT2D eigenvalue weighted by Gasteiger charge is 2.61. The summed E-state index contributed by atoms with van der Waals surface area (Å²) in [4.78, 5) is 33.2. The quantitative estimate of drug-likeness (QED) is 0.308. The molecule has 0 radical (unpaired) electrons. The number of sulfonamides is 1. The molecule has 1 aliphatic heterocycles. The van der Waals surface area contributed by atoms with E-state index in [1.165, 1.54) is 0 Å². The minimum Gasteiger partial charge on any atom is -0.472 e. The average Bonchev–Trinajstić information content (AvgIpc) is 3.90. The van der Waals surface area contributed by atoms with Crippen LogP contribution in [-0.2, 0) is 19.6 Å². The summed E-state index contributed by atoms with van der Waals surface area (Å²) >= 11 is 0. The molecule has 3 aliphatic rings. The number of amides is 2. The molecule has 10 nitrogen and oxygen atoms in total. The van der Waals surface area contributed by atoms with E-state index in [9.17, 15) is 18.0 Å². The summed E-state index contributed by atoms with van der Waals surface area (Å²) in [6.07, 6.45) is 2.98. The van der Waals surface area contributed by atoms with E-state index in [1.54, 1.807) is 6.08 Å². The molecule has 6 rings (SSSR count). The van der Waals surface area contributed by atoms with E-state index >= 15 is 0 Å². The summed E-state index contributed by atoms with van der Waals surface area (Å²) in [5.41, 5.74) is 1.53. The summed E-state index contributed by atoms with van der Waals surface area (Å²) < 4.78 is 33.3. The summed E-state index contributed by atoms with van der Waals surface area (Å²) in [6.45, 7) is 4.16. The normalized spacial score (nSPS) is 25.0. The van der Waals surface area contributed by atoms with Crippen molar-refractivity contribution in [3.05, 3.63) is 67.3 Å². The number of anilines is 1. The van der Waals surface area contributed by atoms with Gasteiger partial charge >= 0.3 is 0 Å². The van der Waals surface area contributed by atoms with E-state index in [0.717, 1.165) is 27.7 Å². The van der Waals surface area contributed by atoms with Crippen molar-refractivity contribution >= 4 is 38.3 Å². The third-order valence-electron chi connectivity index (χ3n) is 8.32. The predicted octanol–water partition coefficient (Wildman–Crippen LogP) is 2.75. The number of pyridine rings is 1. The summed E-state index contributed by atoms with van der Waals surface area (Å²) in [6, 6.07) is 17.5. The molecular formula is C31H35N5O5S. The Bertz CT molecular complexity index is 1650. The Kier molecular flexibility index (Phi) is 7.18. The molecule has 1 aromatic heterocycles. The number of carbonyl (C=O) groups is 2. The van der Waals surface area contributed by atoms with Crippen LogP contribution in [-0.4, -0.2) is 68.8 Å². The van der Waals surface area contributed by atoms with Crippen LogP contribution in [0, 0.1) is 5.92 Å². The highest BCUT2D eigenvalue weighted by molar-refractivity contribution is 7.91. The zero-order chi connectivity index (χ0) is 29.6. The van der Waals surface area contributed by atoms with Crippen LogP contribution >= 0.6 is 0 Å². The van der Waals surface area contributed by atoms with Crippen LogP contribution in [0.4, 0.5) is 5.69 Å². The molecule has 2 heterocycles. The van der Waals surface area contributed by atoms with Crippen LogP contribution in [0.2, 0.25) is 0 Å². The monoisotopic (exact) mass is 589 g/mol. The van der Waals surface area contributed by atoms with Gasteiger partial charge in [0.25, 0.3) is 5.91 Å². The van der Waals surface area contributed by atoms with E-state index in [4.69, 9.17) is 9.72 Å². The number of hydrogen-bond donors (Lipinski definition) is 3. The lowest BCUT2D eigenvalue weighted by Gasteiger charge is -2.21. The van der Waals surface area contributed by atoms with Gasteiger partial charge in [-0.25, -0.2) is 13.4 Å². The van der Waals surface area contributed by atoms with Gasteiger partial charge in [0.1, 0.15) is 11.6 Å². The fourth-order valence-electron chi connectivity index (χ4n) is 5.51. The van der Waals surface area contributed by atoms with Crippen molar-refractivity contribution in [3.8, 4) is 17.1 Å². The molecule has 2 aliphatic carbocycles. The lowest BCUT2D eigenvalue weighted by Crippen LogP contribution is -2.55. The zero-order valence-electron chi connectivity index (χ0n) is 23.7. The maximum Gasteiger partial charge on any atom is 0.259 e. The SMILES string of the molecule is C=CC1CC1(NC(=O)C1CC(Oc2nc(-c3ccc(N(C)C)cc3)cc3ccccc23)CN1)C(=O)NS(=O)(=O)C1CC1. The Hall–Kier alpha value is -3.96. The van der Waals surface area contributed by atoms with Gasteiger partial charge in [-0.3, -0.25) is 14.3 Å². The second kappa shape index (κ2) is 10.7. The Balaban J connectivity index is 1.16. The third-order valence-corrected chi connectivity index (χ3v) is 10.1. The number of carbonyl (C=O) groups excluding carboxylic acids is 2. The van der Waals surface area contributed by atoms with E-state index in [0.29, 0.717) is 38.1 Å². The second-order valence-electron chi connectivity index (χ2n) is 11.6. The van der Waals surface area contributed by atoms with Gasteiger partial charge in [0, 0.05) is 49.6 Å². The first kappa shape index (κ1) is 28.2. The molecule has 3 aromatic rings. The van der Waals surface area contributed by atoms with Gasteiger partial charge < -0.3 is 20.3 Å². The Morgan fingerprint density at radius 3 is 2.55 bits per heavy atom. The van der Waals surface area contributed by atoms with E-state index in [2.05, 4.69) is 21.9 Å². The Morgan fingerprint density at radius 2 is 1.88 bits per heavy atom. The molecule has 4 unspecified atom stereocenters. The minimum atomic E-state index is -3.74. The van der Waals surface area contributed by atoms with Crippen LogP contribution in [0.1, 0.15) is 25.7 Å². The van der Waals surface area contributed by atoms with Crippen LogP contribution in [0.3, 0.4) is 0 Å². The fourth-order valence-corrected chi connectivity index (χ4v) is 6.87. The number of fused-ring (bicyclic) bond motifs is 1. The van der Waals surface area contributed by atoms with Gasteiger partial charge in [-0.15, -0.1) is 6.58 Å². The largest absolute Gasteiger partial charge is 0.472 e. The van der Waals surface area contributed by atoms with Crippen LogP contribution in [0.25, 0.3) is 22.0 Å². The van der Waals surface area contributed by atoms with Crippen molar-refractivity contribution in [3.63, 3.8) is 0 Å². The molecule has 220 valence electrons. The van der Waals surface area contributed by atoms with E-state index < -0.39 is 32.8 Å². The predicted molar refractivity (Wildman–Crippen MR) is 162 cm³/mol. The summed E-state index contributed by atoms with van der Waals surface area (Å²) in [5, 5.41) is 7.35. The molecule has 2 amide bonds. The fraction of sp³-hybridized carbons (Fsp3) is 0.387. The lowest BCUT2D eigenvalue weighted by atomic mass is 10.1. The summed E-state index contributed by atoms with van der Waals surface area (Å²) in [5.74, 6) is -0.932. The molecule has 0 bridgehead atoms. The van der Waals surface area contributed by atoms with Crippen molar-refractivity contribution in [2.24, 2.45) is 5.92 Å². The maximum atomic E-state index is 13.3. The van der Waals surface area contributed by atoms with Gasteiger partial charge in [-0.2, -0.15) is 0 Å². The molecular weight excluding hydrogens is 554 g/mol. The van der Waals surface area contributed by atoms with Gasteiger partial charge in [-0.1, -0.05) is 36.4 Å². The highest BCUT2D eigenvalue weighted by Crippen LogP contribution is 2.45. The number of hydrogen-bond acceptors (Lipinski definition) is 8.